The molecule has 0 spiro atoms. The molecule has 1 fully saturated rings. The molecule has 0 bridgehead atoms. The number of likely N-dealkylation sites (tertiary alicyclic amines) is 1. The summed E-state index contributed by atoms with van der Waals surface area (Å²) in [6.45, 7) is 6.07. The molecule has 5 heteroatoms. The molecule has 0 saturated carbocycles. The Morgan fingerprint density at radius 2 is 2.00 bits per heavy atom. The third-order valence-corrected chi connectivity index (χ3v) is 5.05. The molecule has 0 aliphatic carbocycles. The summed E-state index contributed by atoms with van der Waals surface area (Å²) in [7, 11) is 5.59. The topological polar surface area (TPSA) is 53.0 Å². The van der Waals surface area contributed by atoms with Crippen LogP contribution in [0.25, 0.3) is 0 Å². The largest absolute Gasteiger partial charge is 0.387 e. The van der Waals surface area contributed by atoms with Crippen LogP contribution in [0, 0.1) is 5.41 Å². The average molecular weight is 334 g/mol. The van der Waals surface area contributed by atoms with Crippen LogP contribution in [0.5, 0.6) is 0 Å². The van der Waals surface area contributed by atoms with Crippen LogP contribution >= 0.6 is 0 Å². The predicted octanol–water partition coefficient (Wildman–Crippen LogP) is 2.00. The quantitative estimate of drug-likeness (QED) is 0.895. The van der Waals surface area contributed by atoms with Crippen LogP contribution in [-0.4, -0.2) is 67.3 Å². The Morgan fingerprint density at radius 3 is 2.58 bits per heavy atom. The van der Waals surface area contributed by atoms with Gasteiger partial charge in [-0.3, -0.25) is 4.79 Å². The summed E-state index contributed by atoms with van der Waals surface area (Å²) in [6.07, 6.45) is 0.523. The van der Waals surface area contributed by atoms with Crippen LogP contribution in [0.2, 0.25) is 0 Å². The third kappa shape index (κ3) is 3.79. The van der Waals surface area contributed by atoms with Gasteiger partial charge < -0.3 is 19.6 Å². The number of aliphatic hydroxyl groups is 1. The number of rotatable bonds is 5. The first-order valence-corrected chi connectivity index (χ1v) is 8.43. The van der Waals surface area contributed by atoms with Crippen molar-refractivity contribution >= 4 is 5.91 Å². The summed E-state index contributed by atoms with van der Waals surface area (Å²) in [5.41, 5.74) is 0.456. The molecule has 1 saturated heterocycles. The van der Waals surface area contributed by atoms with Gasteiger partial charge in [0.1, 0.15) is 0 Å². The summed E-state index contributed by atoms with van der Waals surface area (Å²) in [6, 6.07) is 7.77. The van der Waals surface area contributed by atoms with Crippen molar-refractivity contribution in [2.45, 2.75) is 32.4 Å². The van der Waals surface area contributed by atoms with Crippen molar-refractivity contribution in [2.75, 3.05) is 40.9 Å². The average Bonchev–Trinajstić information content (AvgIpc) is 2.50. The van der Waals surface area contributed by atoms with Gasteiger partial charge in [0, 0.05) is 37.7 Å². The Kier molecular flexibility index (Phi) is 5.68. The normalized spacial score (nSPS) is 23.5. The van der Waals surface area contributed by atoms with Crippen molar-refractivity contribution in [2.24, 2.45) is 5.41 Å². The maximum atomic E-state index is 13.1. The highest BCUT2D eigenvalue weighted by Crippen LogP contribution is 2.39. The lowest BCUT2D eigenvalue weighted by Gasteiger charge is -2.50. The first-order valence-electron chi connectivity index (χ1n) is 8.43. The zero-order chi connectivity index (χ0) is 18.0. The Labute approximate surface area is 145 Å². The third-order valence-electron chi connectivity index (χ3n) is 5.05. The van der Waals surface area contributed by atoms with Crippen LogP contribution in [-0.2, 0) is 11.3 Å². The molecule has 1 aliphatic rings. The Hall–Kier alpha value is -1.43. The Morgan fingerprint density at radius 1 is 1.33 bits per heavy atom. The van der Waals surface area contributed by atoms with E-state index in [1.54, 1.807) is 7.11 Å². The minimum Gasteiger partial charge on any atom is -0.387 e. The molecule has 24 heavy (non-hydrogen) atoms. The van der Waals surface area contributed by atoms with Gasteiger partial charge in [0.2, 0.25) is 0 Å². The van der Waals surface area contributed by atoms with Gasteiger partial charge in [0.15, 0.2) is 0 Å². The van der Waals surface area contributed by atoms with E-state index in [0.717, 1.165) is 17.7 Å². The first kappa shape index (κ1) is 18.9. The van der Waals surface area contributed by atoms with Crippen molar-refractivity contribution in [1.29, 1.82) is 0 Å². The van der Waals surface area contributed by atoms with Crippen molar-refractivity contribution in [3.63, 3.8) is 0 Å². The van der Waals surface area contributed by atoms with E-state index >= 15 is 0 Å². The summed E-state index contributed by atoms with van der Waals surface area (Å²) >= 11 is 0. The number of amides is 1. The number of carbonyl (C=O) groups excluding carboxylic acids is 1. The molecule has 2 rings (SSSR count). The zero-order valence-electron chi connectivity index (χ0n) is 15.5. The van der Waals surface area contributed by atoms with Gasteiger partial charge in [-0.2, -0.15) is 0 Å². The summed E-state index contributed by atoms with van der Waals surface area (Å²) in [4.78, 5) is 17.0. The highest BCUT2D eigenvalue weighted by Gasteiger charge is 2.48. The van der Waals surface area contributed by atoms with Crippen LogP contribution in [0.3, 0.4) is 0 Å². The number of methoxy groups -OCH3 is 1. The van der Waals surface area contributed by atoms with Crippen molar-refractivity contribution in [3.05, 3.63) is 35.4 Å². The van der Waals surface area contributed by atoms with Crippen LogP contribution < -0.4 is 0 Å². The van der Waals surface area contributed by atoms with Gasteiger partial charge in [-0.1, -0.05) is 32.0 Å². The molecule has 1 atom stereocenters. The molecule has 1 N–H and O–H groups in total. The van der Waals surface area contributed by atoms with E-state index in [0.29, 0.717) is 26.1 Å². The highest BCUT2D eigenvalue weighted by atomic mass is 16.5. The molecule has 0 radical (unpaired) electrons. The second-order valence-corrected chi connectivity index (χ2v) is 7.72. The van der Waals surface area contributed by atoms with Gasteiger partial charge in [0.25, 0.3) is 5.91 Å². The molecule has 134 valence electrons. The fraction of sp³-hybridized carbons (Fsp3) is 0.632. The van der Waals surface area contributed by atoms with Crippen LogP contribution in [0.15, 0.2) is 24.3 Å². The van der Waals surface area contributed by atoms with Gasteiger partial charge in [-0.05, 0) is 32.1 Å². The van der Waals surface area contributed by atoms with Gasteiger partial charge >= 0.3 is 0 Å². The SMILES string of the molecule is COC[C@]1(O)CCN(C(=O)c2ccccc2CN(C)C)CC1(C)C. The van der Waals surface area contributed by atoms with E-state index in [1.807, 2.05) is 57.1 Å². The fourth-order valence-electron chi connectivity index (χ4n) is 3.42. The second kappa shape index (κ2) is 7.21. The molecule has 1 amide bonds. The molecular formula is C19H30N2O3. The molecule has 1 aliphatic heterocycles. The zero-order valence-corrected chi connectivity index (χ0v) is 15.5. The van der Waals surface area contributed by atoms with E-state index in [9.17, 15) is 9.90 Å². The van der Waals surface area contributed by atoms with E-state index < -0.39 is 11.0 Å². The molecule has 5 nitrogen and oxygen atoms in total. The Bertz CT molecular complexity index is 586. The predicted molar refractivity (Wildman–Crippen MR) is 95.0 cm³/mol. The maximum absolute atomic E-state index is 13.1. The first-order chi connectivity index (χ1) is 11.2. The number of nitrogens with zero attached hydrogens (tertiary/aromatic N) is 2. The lowest BCUT2D eigenvalue weighted by molar-refractivity contribution is -0.144. The minimum atomic E-state index is -0.901. The highest BCUT2D eigenvalue weighted by molar-refractivity contribution is 5.95. The monoisotopic (exact) mass is 334 g/mol. The molecule has 1 heterocycles. The van der Waals surface area contributed by atoms with E-state index in [1.165, 1.54) is 0 Å². The van der Waals surface area contributed by atoms with E-state index in [4.69, 9.17) is 4.74 Å². The molecule has 0 aromatic heterocycles. The summed E-state index contributed by atoms with van der Waals surface area (Å²) in [5, 5.41) is 10.9. The van der Waals surface area contributed by atoms with Crippen molar-refractivity contribution < 1.29 is 14.6 Å². The second-order valence-electron chi connectivity index (χ2n) is 7.72. The minimum absolute atomic E-state index is 0.0417. The van der Waals surface area contributed by atoms with Gasteiger partial charge in [-0.25, -0.2) is 0 Å². The number of carbonyl (C=O) groups is 1. The maximum Gasteiger partial charge on any atom is 0.254 e. The van der Waals surface area contributed by atoms with Crippen molar-refractivity contribution in [1.82, 2.24) is 9.80 Å². The van der Waals surface area contributed by atoms with Crippen LogP contribution in [0.4, 0.5) is 0 Å². The number of benzene rings is 1. The van der Waals surface area contributed by atoms with Crippen molar-refractivity contribution in [3.8, 4) is 0 Å². The van der Waals surface area contributed by atoms with Gasteiger partial charge in [0.05, 0.1) is 12.2 Å². The number of ether oxygens (including phenoxy) is 1. The number of piperidine rings is 1. The van der Waals surface area contributed by atoms with Crippen LogP contribution in [0.1, 0.15) is 36.2 Å². The lowest BCUT2D eigenvalue weighted by Crippen LogP contribution is -2.60. The molecule has 1 aromatic carbocycles. The number of hydrogen-bond donors (Lipinski definition) is 1. The molecular weight excluding hydrogens is 304 g/mol. The molecule has 0 unspecified atom stereocenters. The standard InChI is InChI=1S/C19H30N2O3/c1-18(2)13-21(11-10-19(18,23)14-24-5)17(22)16-9-7-6-8-15(16)12-20(3)4/h6-9,23H,10-14H2,1-5H3/t19-/m1/s1. The summed E-state index contributed by atoms with van der Waals surface area (Å²) in [5.74, 6) is 0.0417. The smallest absolute Gasteiger partial charge is 0.254 e. The summed E-state index contributed by atoms with van der Waals surface area (Å²) < 4.78 is 5.20. The lowest BCUT2D eigenvalue weighted by atomic mass is 9.70. The van der Waals surface area contributed by atoms with E-state index in [2.05, 4.69) is 4.90 Å². The van der Waals surface area contributed by atoms with Gasteiger partial charge in [-0.15, -0.1) is 0 Å². The fourth-order valence-corrected chi connectivity index (χ4v) is 3.42. The van der Waals surface area contributed by atoms with E-state index in [-0.39, 0.29) is 5.91 Å². The number of hydrogen-bond acceptors (Lipinski definition) is 4. The Balaban J connectivity index is 2.21. The molecule has 1 aromatic rings.